The monoisotopic (exact) mass is 542 g/mol. The first-order valence-corrected chi connectivity index (χ1v) is 15.9. The van der Waals surface area contributed by atoms with Crippen molar-refractivity contribution in [3.8, 4) is 5.75 Å². The molecule has 5 fully saturated rings. The molecule has 2 aromatic heterocycles. The quantitative estimate of drug-likeness (QED) is 0.404. The van der Waals surface area contributed by atoms with Crippen molar-refractivity contribution < 1.29 is 9.53 Å². The number of hydrogen-bond donors (Lipinski definition) is 0. The van der Waals surface area contributed by atoms with E-state index in [-0.39, 0.29) is 11.3 Å². The van der Waals surface area contributed by atoms with Gasteiger partial charge in [-0.3, -0.25) is 4.79 Å². The zero-order valence-electron chi connectivity index (χ0n) is 23.0. The topological polar surface area (TPSA) is 58.6 Å². The lowest BCUT2D eigenvalue weighted by atomic mass is 9.49. The Bertz CT molecular complexity index is 1400. The molecule has 1 aromatic carbocycles. The average molecular weight is 543 g/mol. The smallest absolute Gasteiger partial charge is 0.254 e. The number of amides is 1. The number of fused-ring (bicyclic) bond motifs is 3. The zero-order valence-corrected chi connectivity index (χ0v) is 23.8. The molecule has 0 N–H and O–H groups in total. The van der Waals surface area contributed by atoms with Gasteiger partial charge in [0.05, 0.1) is 12.5 Å². The van der Waals surface area contributed by atoms with Crippen molar-refractivity contribution in [1.82, 2.24) is 14.9 Å². The largest absolute Gasteiger partial charge is 0.497 e. The van der Waals surface area contributed by atoms with Crippen LogP contribution in [-0.2, 0) is 18.3 Å². The van der Waals surface area contributed by atoms with E-state index in [1.165, 1.54) is 79.4 Å². The zero-order chi connectivity index (χ0) is 26.1. The molecule has 0 spiro atoms. The van der Waals surface area contributed by atoms with Crippen LogP contribution in [0.25, 0.3) is 10.2 Å². The van der Waals surface area contributed by atoms with Crippen molar-refractivity contribution >= 4 is 33.3 Å². The average Bonchev–Trinajstić information content (AvgIpc) is 3.34. The minimum Gasteiger partial charge on any atom is -0.497 e. The molecule has 9 rings (SSSR count). The van der Waals surface area contributed by atoms with Gasteiger partial charge in [-0.15, -0.1) is 11.3 Å². The molecule has 1 saturated heterocycles. The Morgan fingerprint density at radius 3 is 2.41 bits per heavy atom. The fourth-order valence-corrected chi connectivity index (χ4v) is 10.3. The van der Waals surface area contributed by atoms with Gasteiger partial charge in [0.25, 0.3) is 5.91 Å². The first-order valence-electron chi connectivity index (χ1n) is 15.1. The Hall–Kier alpha value is -2.67. The van der Waals surface area contributed by atoms with Crippen molar-refractivity contribution in [2.75, 3.05) is 38.2 Å². The molecule has 4 bridgehead atoms. The molecule has 39 heavy (non-hydrogen) atoms. The van der Waals surface area contributed by atoms with Crippen LogP contribution in [0.5, 0.6) is 5.75 Å². The molecule has 5 aliphatic carbocycles. The molecule has 4 saturated carbocycles. The van der Waals surface area contributed by atoms with Gasteiger partial charge < -0.3 is 14.5 Å². The highest BCUT2D eigenvalue weighted by Gasteiger charge is 2.53. The summed E-state index contributed by atoms with van der Waals surface area (Å²) < 4.78 is 5.35. The number of ether oxygens (including phenoxy) is 1. The lowest BCUT2D eigenvalue weighted by Gasteiger charge is -2.56. The molecule has 0 atom stereocenters. The van der Waals surface area contributed by atoms with Crippen molar-refractivity contribution in [2.24, 2.45) is 17.8 Å². The number of hydrogen-bond acceptors (Lipinski definition) is 6. The molecule has 3 heterocycles. The van der Waals surface area contributed by atoms with Gasteiger partial charge >= 0.3 is 0 Å². The van der Waals surface area contributed by atoms with Gasteiger partial charge in [-0.25, -0.2) is 9.97 Å². The number of rotatable bonds is 4. The molecule has 3 aromatic rings. The second kappa shape index (κ2) is 9.18. The maximum atomic E-state index is 13.3. The molecular weight excluding hydrogens is 504 g/mol. The van der Waals surface area contributed by atoms with E-state index < -0.39 is 0 Å². The number of aryl methyl sites for hydroxylation is 2. The Labute approximate surface area is 234 Å². The fraction of sp³-hybridized carbons (Fsp3) is 0.594. The van der Waals surface area contributed by atoms with Crippen LogP contribution in [0.1, 0.15) is 78.0 Å². The lowest BCUT2D eigenvalue weighted by Crippen LogP contribution is -2.50. The van der Waals surface area contributed by atoms with E-state index in [2.05, 4.69) is 4.90 Å². The van der Waals surface area contributed by atoms with Crippen LogP contribution in [0.3, 0.4) is 0 Å². The van der Waals surface area contributed by atoms with Gasteiger partial charge in [-0.1, -0.05) is 6.07 Å². The molecule has 0 unspecified atom stereocenters. The van der Waals surface area contributed by atoms with E-state index >= 15 is 0 Å². The van der Waals surface area contributed by atoms with E-state index in [1.54, 1.807) is 12.0 Å². The maximum Gasteiger partial charge on any atom is 0.254 e. The third kappa shape index (κ3) is 3.98. The summed E-state index contributed by atoms with van der Waals surface area (Å²) in [4.78, 5) is 31.5. The number of nitrogens with zero attached hydrogens (tertiary/aromatic N) is 4. The van der Waals surface area contributed by atoms with Gasteiger partial charge in [-0.05, 0) is 106 Å². The maximum absolute atomic E-state index is 13.3. The summed E-state index contributed by atoms with van der Waals surface area (Å²) >= 11 is 1.95. The first-order chi connectivity index (χ1) is 19.1. The van der Waals surface area contributed by atoms with E-state index in [0.29, 0.717) is 18.7 Å². The molecule has 1 aliphatic heterocycles. The summed E-state index contributed by atoms with van der Waals surface area (Å²) in [5.74, 6) is 5.76. The normalized spacial score (nSPS) is 29.6. The summed E-state index contributed by atoms with van der Waals surface area (Å²) in [6.45, 7) is 3.04. The van der Waals surface area contributed by atoms with Crippen molar-refractivity contribution in [2.45, 2.75) is 69.6 Å². The highest BCUT2D eigenvalue weighted by Crippen LogP contribution is 2.60. The standard InChI is InChI=1S/C32H38N4O2S/c1-38-24-6-4-5-23(16-24)30(37)36-11-9-35(10-12-36)28-27-25-7-2-3-8-26(25)39-29(27)34-31(33-28)32-17-20-13-21(18-32)15-22(14-20)19-32/h4-6,16,20-22H,2-3,7-15,17-19H2,1H3. The van der Waals surface area contributed by atoms with E-state index in [0.717, 1.165) is 48.8 Å². The van der Waals surface area contributed by atoms with Crippen molar-refractivity contribution in [3.05, 3.63) is 46.1 Å². The summed E-state index contributed by atoms with van der Waals surface area (Å²) in [6, 6.07) is 7.52. The summed E-state index contributed by atoms with van der Waals surface area (Å²) in [6.07, 6.45) is 13.1. The third-order valence-corrected chi connectivity index (χ3v) is 11.7. The van der Waals surface area contributed by atoms with Crippen LogP contribution in [0.4, 0.5) is 5.82 Å². The summed E-state index contributed by atoms with van der Waals surface area (Å²) in [5.41, 5.74) is 2.40. The molecule has 6 aliphatic rings. The first kappa shape index (κ1) is 24.2. The van der Waals surface area contributed by atoms with E-state index in [9.17, 15) is 4.79 Å². The second-order valence-electron chi connectivity index (χ2n) is 13.0. The van der Waals surface area contributed by atoms with E-state index in [4.69, 9.17) is 14.7 Å². The Balaban J connectivity index is 1.13. The number of benzene rings is 1. The third-order valence-electron chi connectivity index (χ3n) is 10.5. The van der Waals surface area contributed by atoms with Gasteiger partial charge in [0.2, 0.25) is 0 Å². The van der Waals surface area contributed by atoms with Gasteiger partial charge in [0.1, 0.15) is 22.2 Å². The van der Waals surface area contributed by atoms with E-state index in [1.807, 2.05) is 40.5 Å². The minimum absolute atomic E-state index is 0.0866. The molecule has 6 nitrogen and oxygen atoms in total. The number of anilines is 1. The lowest BCUT2D eigenvalue weighted by molar-refractivity contribution is -0.00918. The molecule has 1 amide bonds. The number of methoxy groups -OCH3 is 1. The SMILES string of the molecule is COc1cccc(C(=O)N2CCN(c3nc(C45CC6CC(CC(C6)C4)C5)nc4sc5c(c34)CCCC5)CC2)c1. The Morgan fingerprint density at radius 1 is 0.974 bits per heavy atom. The summed E-state index contributed by atoms with van der Waals surface area (Å²) in [5, 5.41) is 1.33. The summed E-state index contributed by atoms with van der Waals surface area (Å²) in [7, 11) is 1.64. The van der Waals surface area contributed by atoms with Gasteiger partial charge in [0, 0.05) is 42.0 Å². The second-order valence-corrected chi connectivity index (χ2v) is 14.1. The number of carbonyl (C=O) groups excluding carboxylic acids is 1. The van der Waals surface area contributed by atoms with Crippen LogP contribution in [-0.4, -0.2) is 54.1 Å². The molecular formula is C32H38N4O2S. The predicted octanol–water partition coefficient (Wildman–Crippen LogP) is 6.01. The highest BCUT2D eigenvalue weighted by molar-refractivity contribution is 7.19. The van der Waals surface area contributed by atoms with Crippen LogP contribution in [0.2, 0.25) is 0 Å². The highest BCUT2D eigenvalue weighted by atomic mass is 32.1. The Morgan fingerprint density at radius 2 is 1.69 bits per heavy atom. The van der Waals surface area contributed by atoms with Crippen molar-refractivity contribution in [3.63, 3.8) is 0 Å². The molecule has 7 heteroatoms. The number of thiophene rings is 1. The molecule has 204 valence electrons. The Kier molecular flexibility index (Phi) is 5.69. The number of aromatic nitrogens is 2. The predicted molar refractivity (Wildman–Crippen MR) is 155 cm³/mol. The van der Waals surface area contributed by atoms with Crippen LogP contribution in [0.15, 0.2) is 24.3 Å². The van der Waals surface area contributed by atoms with Crippen molar-refractivity contribution in [1.29, 1.82) is 0 Å². The minimum atomic E-state index is 0.0866. The van der Waals surface area contributed by atoms with Crippen LogP contribution < -0.4 is 9.64 Å². The molecule has 0 radical (unpaired) electrons. The van der Waals surface area contributed by atoms with Crippen LogP contribution in [0, 0.1) is 17.8 Å². The number of piperazine rings is 1. The van der Waals surface area contributed by atoms with Crippen LogP contribution >= 0.6 is 11.3 Å². The van der Waals surface area contributed by atoms with Gasteiger partial charge in [-0.2, -0.15) is 0 Å². The number of carbonyl (C=O) groups is 1. The fourth-order valence-electron chi connectivity index (χ4n) is 9.05. The van der Waals surface area contributed by atoms with Gasteiger partial charge in [0.15, 0.2) is 0 Å².